The van der Waals surface area contributed by atoms with E-state index in [0.29, 0.717) is 36.5 Å². The molecule has 226 valence electrons. The highest BCUT2D eigenvalue weighted by molar-refractivity contribution is 6.07. The van der Waals surface area contributed by atoms with Crippen LogP contribution in [0.1, 0.15) is 68.8 Å². The molecular weight excluding hydrogens is 564 g/mol. The Balaban J connectivity index is 1.26. The number of hydrogen-bond acceptors (Lipinski definition) is 5. The van der Waals surface area contributed by atoms with Gasteiger partial charge in [0.05, 0.1) is 18.7 Å². The normalized spacial score (nSPS) is 12.5. The van der Waals surface area contributed by atoms with Gasteiger partial charge in [-0.3, -0.25) is 14.6 Å². The summed E-state index contributed by atoms with van der Waals surface area (Å²) in [5.41, 5.74) is 5.94. The van der Waals surface area contributed by atoms with Crippen LogP contribution in [-0.4, -0.2) is 32.9 Å². The number of amides is 2. The van der Waals surface area contributed by atoms with Gasteiger partial charge in [0.2, 0.25) is 0 Å². The second-order valence-corrected chi connectivity index (χ2v) is 12.0. The summed E-state index contributed by atoms with van der Waals surface area (Å²) >= 11 is 0. The first kappa shape index (κ1) is 29.6. The van der Waals surface area contributed by atoms with E-state index >= 15 is 0 Å². The quantitative estimate of drug-likeness (QED) is 0.221. The molecule has 1 N–H and O–H groups in total. The third-order valence-corrected chi connectivity index (χ3v) is 7.64. The van der Waals surface area contributed by atoms with Gasteiger partial charge in [-0.1, -0.05) is 54.6 Å². The number of hydrogen-bond donors (Lipinski definition) is 1. The zero-order valence-corrected chi connectivity index (χ0v) is 25.5. The third kappa shape index (κ3) is 6.40. The highest BCUT2D eigenvalue weighted by atomic mass is 16.6. The van der Waals surface area contributed by atoms with Crippen molar-refractivity contribution in [3.63, 3.8) is 0 Å². The molecule has 5 aromatic rings. The number of benzene rings is 3. The summed E-state index contributed by atoms with van der Waals surface area (Å²) < 4.78 is 7.60. The van der Waals surface area contributed by atoms with Crippen molar-refractivity contribution in [3.8, 4) is 11.1 Å². The molecule has 0 bridgehead atoms. The molecule has 0 fully saturated rings. The van der Waals surface area contributed by atoms with Crippen molar-refractivity contribution in [3.05, 3.63) is 143 Å². The molecule has 1 aliphatic heterocycles. The van der Waals surface area contributed by atoms with E-state index in [9.17, 15) is 14.4 Å². The lowest BCUT2D eigenvalue weighted by atomic mass is 9.98. The Labute approximate surface area is 262 Å². The van der Waals surface area contributed by atoms with Crippen LogP contribution in [-0.2, 0) is 24.4 Å². The van der Waals surface area contributed by atoms with Crippen molar-refractivity contribution in [1.29, 1.82) is 0 Å². The summed E-state index contributed by atoms with van der Waals surface area (Å²) in [5.74, 6) is -0.746. The number of para-hydroxylation sites is 1. The average molecular weight is 599 g/mol. The predicted molar refractivity (Wildman–Crippen MR) is 173 cm³/mol. The molecule has 0 spiro atoms. The Bertz CT molecular complexity index is 1870. The summed E-state index contributed by atoms with van der Waals surface area (Å²) in [6.07, 6.45) is 3.42. The fraction of sp³-hybridized carbons (Fsp3) is 0.189. The van der Waals surface area contributed by atoms with Gasteiger partial charge in [-0.05, 0) is 85.5 Å². The molecule has 3 heterocycles. The number of rotatable bonds is 6. The summed E-state index contributed by atoms with van der Waals surface area (Å²) in [5, 5.41) is 2.99. The molecule has 3 aromatic carbocycles. The maximum absolute atomic E-state index is 14.1. The Hall–Kier alpha value is -5.50. The molecule has 0 saturated heterocycles. The molecule has 0 saturated carbocycles. The van der Waals surface area contributed by atoms with Crippen molar-refractivity contribution >= 4 is 23.5 Å². The van der Waals surface area contributed by atoms with Crippen LogP contribution in [0.4, 0.5) is 5.69 Å². The average Bonchev–Trinajstić information content (AvgIpc) is 3.36. The van der Waals surface area contributed by atoms with E-state index in [0.717, 1.165) is 33.6 Å². The van der Waals surface area contributed by atoms with E-state index in [1.54, 1.807) is 41.6 Å². The van der Waals surface area contributed by atoms with Gasteiger partial charge in [0, 0.05) is 35.9 Å². The molecule has 8 heteroatoms. The molecule has 0 aliphatic carbocycles. The van der Waals surface area contributed by atoms with Gasteiger partial charge in [0.15, 0.2) is 0 Å². The van der Waals surface area contributed by atoms with Crippen molar-refractivity contribution in [1.82, 2.24) is 14.9 Å². The Morgan fingerprint density at radius 1 is 0.844 bits per heavy atom. The minimum Gasteiger partial charge on any atom is -0.456 e. The number of anilines is 1. The topological polar surface area (TPSA) is 93.5 Å². The van der Waals surface area contributed by atoms with Gasteiger partial charge in [-0.2, -0.15) is 0 Å². The van der Waals surface area contributed by atoms with Crippen LogP contribution in [0.15, 0.2) is 109 Å². The minimum atomic E-state index is -0.617. The lowest BCUT2D eigenvalue weighted by Crippen LogP contribution is -2.30. The van der Waals surface area contributed by atoms with Gasteiger partial charge in [0.25, 0.3) is 11.8 Å². The zero-order chi connectivity index (χ0) is 31.6. The number of pyridine rings is 1. The number of nitrogens with one attached hydrogen (secondary N) is 1. The van der Waals surface area contributed by atoms with Crippen LogP contribution in [0.3, 0.4) is 0 Å². The number of carbonyl (C=O) groups is 3. The van der Waals surface area contributed by atoms with E-state index in [4.69, 9.17) is 4.74 Å². The summed E-state index contributed by atoms with van der Waals surface area (Å²) in [4.78, 5) is 46.1. The fourth-order valence-electron chi connectivity index (χ4n) is 5.51. The number of carbonyl (C=O) groups excluding carboxylic acids is 3. The van der Waals surface area contributed by atoms with Crippen molar-refractivity contribution in [2.75, 3.05) is 4.90 Å². The van der Waals surface area contributed by atoms with Crippen molar-refractivity contribution in [2.24, 2.45) is 0 Å². The lowest BCUT2D eigenvalue weighted by molar-refractivity contribution is 0.00702. The SMILES string of the molecule is CC(C)(C)OC(=O)c1ccccc1-c1ccc(C(=O)N2Cc3ccc(C(=O)NCc4cccnc4)n3Cc3ccccc32)cc1. The van der Waals surface area contributed by atoms with Gasteiger partial charge < -0.3 is 19.5 Å². The molecule has 8 nitrogen and oxygen atoms in total. The van der Waals surface area contributed by atoms with Crippen LogP contribution in [0.5, 0.6) is 0 Å². The Kier molecular flexibility index (Phi) is 8.04. The minimum absolute atomic E-state index is 0.161. The van der Waals surface area contributed by atoms with Crippen LogP contribution < -0.4 is 10.2 Å². The molecule has 2 amide bonds. The summed E-state index contributed by atoms with van der Waals surface area (Å²) in [6, 6.07) is 29.8. The highest BCUT2D eigenvalue weighted by Crippen LogP contribution is 2.31. The van der Waals surface area contributed by atoms with Gasteiger partial charge >= 0.3 is 5.97 Å². The van der Waals surface area contributed by atoms with Crippen molar-refractivity contribution < 1.29 is 19.1 Å². The van der Waals surface area contributed by atoms with Crippen LogP contribution in [0, 0.1) is 0 Å². The van der Waals surface area contributed by atoms with Gasteiger partial charge in [-0.15, -0.1) is 0 Å². The van der Waals surface area contributed by atoms with Gasteiger partial charge in [-0.25, -0.2) is 4.79 Å². The number of esters is 1. The smallest absolute Gasteiger partial charge is 0.339 e. The Morgan fingerprint density at radius 3 is 2.36 bits per heavy atom. The molecule has 0 unspecified atom stereocenters. The van der Waals surface area contributed by atoms with E-state index < -0.39 is 11.6 Å². The first-order valence-electron chi connectivity index (χ1n) is 14.9. The van der Waals surface area contributed by atoms with Crippen LogP contribution in [0.25, 0.3) is 11.1 Å². The van der Waals surface area contributed by atoms with E-state index in [1.807, 2.05) is 98.1 Å². The number of ether oxygens (including phenoxy) is 1. The highest BCUT2D eigenvalue weighted by Gasteiger charge is 2.28. The van der Waals surface area contributed by atoms with Gasteiger partial charge in [0.1, 0.15) is 11.3 Å². The monoisotopic (exact) mass is 598 g/mol. The lowest BCUT2D eigenvalue weighted by Gasteiger charge is -2.23. The molecule has 2 aromatic heterocycles. The second-order valence-electron chi connectivity index (χ2n) is 12.0. The van der Waals surface area contributed by atoms with Crippen LogP contribution >= 0.6 is 0 Å². The fourth-order valence-corrected chi connectivity index (χ4v) is 5.51. The first-order chi connectivity index (χ1) is 21.7. The first-order valence-corrected chi connectivity index (χ1v) is 14.9. The molecule has 0 radical (unpaired) electrons. The molecule has 1 aliphatic rings. The van der Waals surface area contributed by atoms with Crippen LogP contribution in [0.2, 0.25) is 0 Å². The maximum atomic E-state index is 14.1. The number of aromatic nitrogens is 2. The zero-order valence-electron chi connectivity index (χ0n) is 25.5. The van der Waals surface area contributed by atoms with E-state index in [2.05, 4.69) is 10.3 Å². The maximum Gasteiger partial charge on any atom is 0.339 e. The second kappa shape index (κ2) is 12.2. The number of fused-ring (bicyclic) bond motifs is 2. The molecular formula is C37H34N4O4. The Morgan fingerprint density at radius 2 is 1.60 bits per heavy atom. The van der Waals surface area contributed by atoms with E-state index in [1.165, 1.54) is 0 Å². The van der Waals surface area contributed by atoms with E-state index in [-0.39, 0.29) is 11.8 Å². The van der Waals surface area contributed by atoms with Crippen molar-refractivity contribution in [2.45, 2.75) is 46.0 Å². The molecule has 45 heavy (non-hydrogen) atoms. The summed E-state index contributed by atoms with van der Waals surface area (Å²) in [7, 11) is 0. The summed E-state index contributed by atoms with van der Waals surface area (Å²) in [6.45, 7) is 6.64. The molecule has 6 rings (SSSR count). The third-order valence-electron chi connectivity index (χ3n) is 7.64. The standard InChI is InChI=1S/C37H34N4O4/c1-37(2,3)45-36(44)31-12-6-5-11-30(31)26-14-16-27(17-15-26)35(43)41-24-29-18-19-33(34(42)39-22-25-9-8-20-38-21-25)40(29)23-28-10-4-7-13-32(28)41/h4-21H,22-24H2,1-3H3,(H,39,42). The largest absolute Gasteiger partial charge is 0.456 e. The predicted octanol–water partition coefficient (Wildman–Crippen LogP) is 6.64. The molecule has 0 atom stereocenters. The number of nitrogens with zero attached hydrogens (tertiary/aromatic N) is 3.